The summed E-state index contributed by atoms with van der Waals surface area (Å²) < 4.78 is 0. The van der Waals surface area contributed by atoms with Crippen molar-refractivity contribution in [1.29, 1.82) is 0 Å². The van der Waals surface area contributed by atoms with E-state index in [1.165, 1.54) is 15.4 Å². The fourth-order valence-corrected chi connectivity index (χ4v) is 2.37. The molecule has 2 aromatic carbocycles. The van der Waals surface area contributed by atoms with Crippen LogP contribution in [0.5, 0.6) is 0 Å². The molecule has 0 fully saturated rings. The molecule has 0 bridgehead atoms. The lowest BCUT2D eigenvalue weighted by Crippen LogP contribution is -1.89. The zero-order valence-corrected chi connectivity index (χ0v) is 10.9. The van der Waals surface area contributed by atoms with E-state index in [2.05, 4.69) is 31.2 Å². The highest BCUT2D eigenvalue weighted by Crippen LogP contribution is 2.28. The average molecular weight is 244 g/mol. The molecule has 0 heterocycles. The van der Waals surface area contributed by atoms with Crippen molar-refractivity contribution in [2.45, 2.75) is 29.7 Å². The fraction of sp³-hybridized carbons (Fsp3) is 0.200. The Kier molecular flexibility index (Phi) is 3.87. The largest absolute Gasteiger partial charge is 0.389 e. The molecule has 17 heavy (non-hydrogen) atoms. The summed E-state index contributed by atoms with van der Waals surface area (Å²) in [7, 11) is 0. The number of benzene rings is 2. The molecular formula is C15H16OS. The molecule has 0 amide bonds. The van der Waals surface area contributed by atoms with Gasteiger partial charge in [0.2, 0.25) is 0 Å². The van der Waals surface area contributed by atoms with Crippen LogP contribution in [0.4, 0.5) is 0 Å². The van der Waals surface area contributed by atoms with Gasteiger partial charge in [0.05, 0.1) is 6.10 Å². The van der Waals surface area contributed by atoms with E-state index in [0.717, 1.165) is 5.56 Å². The SMILES string of the molecule is Cc1ccc(Sc2ccc([C@@H](C)O)cc2)cc1. The topological polar surface area (TPSA) is 20.2 Å². The van der Waals surface area contributed by atoms with Crippen LogP contribution in [0, 0.1) is 6.92 Å². The second kappa shape index (κ2) is 5.39. The minimum absolute atomic E-state index is 0.395. The Morgan fingerprint density at radius 3 is 1.82 bits per heavy atom. The van der Waals surface area contributed by atoms with Crippen LogP contribution >= 0.6 is 11.8 Å². The summed E-state index contributed by atoms with van der Waals surface area (Å²) in [6.45, 7) is 3.87. The highest BCUT2D eigenvalue weighted by molar-refractivity contribution is 7.99. The minimum atomic E-state index is -0.395. The third-order valence-corrected chi connectivity index (χ3v) is 3.63. The van der Waals surface area contributed by atoms with Gasteiger partial charge in [-0.2, -0.15) is 0 Å². The van der Waals surface area contributed by atoms with E-state index >= 15 is 0 Å². The van der Waals surface area contributed by atoms with Gasteiger partial charge in [-0.25, -0.2) is 0 Å². The van der Waals surface area contributed by atoms with Crippen LogP contribution in [-0.2, 0) is 0 Å². The summed E-state index contributed by atoms with van der Waals surface area (Å²) in [5.74, 6) is 0. The van der Waals surface area contributed by atoms with Gasteiger partial charge in [0, 0.05) is 9.79 Å². The Balaban J connectivity index is 2.11. The minimum Gasteiger partial charge on any atom is -0.389 e. The summed E-state index contributed by atoms with van der Waals surface area (Å²) in [4.78, 5) is 2.43. The highest BCUT2D eigenvalue weighted by atomic mass is 32.2. The number of aliphatic hydroxyl groups excluding tert-OH is 1. The van der Waals surface area contributed by atoms with E-state index in [-0.39, 0.29) is 0 Å². The maximum Gasteiger partial charge on any atom is 0.0761 e. The van der Waals surface area contributed by atoms with Crippen LogP contribution in [0.15, 0.2) is 58.3 Å². The number of aryl methyl sites for hydroxylation is 1. The van der Waals surface area contributed by atoms with Gasteiger partial charge in [-0.05, 0) is 43.7 Å². The Hall–Kier alpha value is -1.25. The summed E-state index contributed by atoms with van der Waals surface area (Å²) in [5.41, 5.74) is 2.23. The van der Waals surface area contributed by atoms with E-state index < -0.39 is 6.10 Å². The maximum atomic E-state index is 9.43. The van der Waals surface area contributed by atoms with Gasteiger partial charge < -0.3 is 5.11 Å². The molecule has 0 spiro atoms. The smallest absolute Gasteiger partial charge is 0.0761 e. The van der Waals surface area contributed by atoms with Crippen molar-refractivity contribution in [1.82, 2.24) is 0 Å². The van der Waals surface area contributed by atoms with Crippen molar-refractivity contribution in [3.8, 4) is 0 Å². The van der Waals surface area contributed by atoms with Crippen LogP contribution in [0.25, 0.3) is 0 Å². The third-order valence-electron chi connectivity index (χ3n) is 2.62. The lowest BCUT2D eigenvalue weighted by atomic mass is 10.1. The van der Waals surface area contributed by atoms with Crippen molar-refractivity contribution in [2.75, 3.05) is 0 Å². The molecule has 0 aliphatic carbocycles. The van der Waals surface area contributed by atoms with E-state index in [0.29, 0.717) is 0 Å². The van der Waals surface area contributed by atoms with Crippen LogP contribution in [0.3, 0.4) is 0 Å². The van der Waals surface area contributed by atoms with Crippen LogP contribution < -0.4 is 0 Å². The van der Waals surface area contributed by atoms with Gasteiger partial charge in [0.1, 0.15) is 0 Å². The number of rotatable bonds is 3. The molecule has 0 aliphatic heterocycles. The van der Waals surface area contributed by atoms with Crippen molar-refractivity contribution < 1.29 is 5.11 Å². The predicted molar refractivity (Wildman–Crippen MR) is 72.4 cm³/mol. The molecule has 1 atom stereocenters. The maximum absolute atomic E-state index is 9.43. The zero-order valence-electron chi connectivity index (χ0n) is 10.1. The first-order chi connectivity index (χ1) is 8.15. The molecule has 0 aromatic heterocycles. The molecule has 0 unspecified atom stereocenters. The Morgan fingerprint density at radius 2 is 1.35 bits per heavy atom. The second-order valence-electron chi connectivity index (χ2n) is 4.16. The Bertz CT molecular complexity index is 471. The van der Waals surface area contributed by atoms with Gasteiger partial charge >= 0.3 is 0 Å². The lowest BCUT2D eigenvalue weighted by molar-refractivity contribution is 0.199. The van der Waals surface area contributed by atoms with Crippen LogP contribution in [-0.4, -0.2) is 5.11 Å². The quantitative estimate of drug-likeness (QED) is 0.873. The van der Waals surface area contributed by atoms with Gasteiger partial charge in [-0.3, -0.25) is 0 Å². The Morgan fingerprint density at radius 1 is 0.882 bits per heavy atom. The van der Waals surface area contributed by atoms with Crippen molar-refractivity contribution in [3.63, 3.8) is 0 Å². The summed E-state index contributed by atoms with van der Waals surface area (Å²) in [6.07, 6.45) is -0.395. The van der Waals surface area contributed by atoms with Gasteiger partial charge in [0.15, 0.2) is 0 Å². The monoisotopic (exact) mass is 244 g/mol. The second-order valence-corrected chi connectivity index (χ2v) is 5.31. The van der Waals surface area contributed by atoms with Crippen LogP contribution in [0.2, 0.25) is 0 Å². The first-order valence-corrected chi connectivity index (χ1v) is 6.49. The molecule has 88 valence electrons. The zero-order chi connectivity index (χ0) is 12.3. The van der Waals surface area contributed by atoms with Gasteiger partial charge in [0.25, 0.3) is 0 Å². The molecule has 2 heteroatoms. The van der Waals surface area contributed by atoms with Crippen molar-refractivity contribution >= 4 is 11.8 Å². The Labute approximate surface area is 107 Å². The predicted octanol–water partition coefficient (Wildman–Crippen LogP) is 4.20. The van der Waals surface area contributed by atoms with Gasteiger partial charge in [-0.15, -0.1) is 0 Å². The molecular weight excluding hydrogens is 228 g/mol. The fourth-order valence-electron chi connectivity index (χ4n) is 1.56. The van der Waals surface area contributed by atoms with Crippen molar-refractivity contribution in [2.24, 2.45) is 0 Å². The third kappa shape index (κ3) is 3.35. The summed E-state index contributed by atoms with van der Waals surface area (Å²) in [5, 5.41) is 9.43. The highest BCUT2D eigenvalue weighted by Gasteiger charge is 2.01. The summed E-state index contributed by atoms with van der Waals surface area (Å²) in [6, 6.07) is 16.5. The van der Waals surface area contributed by atoms with Crippen molar-refractivity contribution in [3.05, 3.63) is 59.7 Å². The molecule has 0 saturated carbocycles. The van der Waals surface area contributed by atoms with Crippen LogP contribution in [0.1, 0.15) is 24.2 Å². The van der Waals surface area contributed by atoms with E-state index in [1.54, 1.807) is 18.7 Å². The summed E-state index contributed by atoms with van der Waals surface area (Å²) >= 11 is 1.74. The molecule has 1 nitrogen and oxygen atoms in total. The number of hydrogen-bond acceptors (Lipinski definition) is 2. The first kappa shape index (κ1) is 12.2. The average Bonchev–Trinajstić information content (AvgIpc) is 2.33. The first-order valence-electron chi connectivity index (χ1n) is 5.68. The molecule has 2 rings (SSSR count). The molecule has 0 saturated heterocycles. The molecule has 2 aromatic rings. The molecule has 1 N–H and O–H groups in total. The number of hydrogen-bond donors (Lipinski definition) is 1. The lowest BCUT2D eigenvalue weighted by Gasteiger charge is -2.06. The normalized spacial score (nSPS) is 12.4. The van der Waals surface area contributed by atoms with E-state index in [4.69, 9.17) is 0 Å². The molecule has 0 radical (unpaired) electrons. The molecule has 0 aliphatic rings. The van der Waals surface area contributed by atoms with E-state index in [1.807, 2.05) is 24.3 Å². The van der Waals surface area contributed by atoms with Gasteiger partial charge in [-0.1, -0.05) is 41.6 Å². The van der Waals surface area contributed by atoms with E-state index in [9.17, 15) is 5.11 Å². The standard InChI is InChI=1S/C15H16OS/c1-11-3-7-14(8-4-11)17-15-9-5-13(6-10-15)12(2)16/h3-10,12,16H,1-2H3/t12-/m1/s1. The number of aliphatic hydroxyl groups is 1.